The van der Waals surface area contributed by atoms with Crippen molar-refractivity contribution in [1.29, 1.82) is 0 Å². The van der Waals surface area contributed by atoms with Gasteiger partial charge in [-0.1, -0.05) is 53.2 Å². The van der Waals surface area contributed by atoms with Gasteiger partial charge in [-0.05, 0) is 24.8 Å². The first-order valence-corrected chi connectivity index (χ1v) is 7.35. The van der Waals surface area contributed by atoms with Gasteiger partial charge in [-0.2, -0.15) is 0 Å². The summed E-state index contributed by atoms with van der Waals surface area (Å²) in [5.41, 5.74) is 1.61. The second-order valence-electron chi connectivity index (χ2n) is 4.54. The first kappa shape index (κ1) is 20.1. The molecule has 0 saturated carbocycles. The van der Waals surface area contributed by atoms with Crippen LogP contribution in [-0.4, -0.2) is 19.0 Å². The van der Waals surface area contributed by atoms with E-state index >= 15 is 0 Å². The van der Waals surface area contributed by atoms with Crippen molar-refractivity contribution in [2.24, 2.45) is 10.9 Å². The van der Waals surface area contributed by atoms with Gasteiger partial charge in [0.1, 0.15) is 0 Å². The maximum atomic E-state index is 12.0. The van der Waals surface area contributed by atoms with Gasteiger partial charge in [-0.15, -0.1) is 0 Å². The third-order valence-electron chi connectivity index (χ3n) is 2.90. The summed E-state index contributed by atoms with van der Waals surface area (Å²) in [5, 5.41) is 0. The SMILES string of the molecule is C=C/C(C(=O)CCC(C)CCC)=C(/C)C=NC.CC. The highest BCUT2D eigenvalue weighted by molar-refractivity contribution is 6.03. The van der Waals surface area contributed by atoms with Crippen molar-refractivity contribution >= 4 is 12.0 Å². The molecule has 1 atom stereocenters. The van der Waals surface area contributed by atoms with Crippen molar-refractivity contribution in [3.63, 3.8) is 0 Å². The summed E-state index contributed by atoms with van der Waals surface area (Å²) >= 11 is 0. The van der Waals surface area contributed by atoms with Crippen molar-refractivity contribution in [1.82, 2.24) is 0 Å². The molecular weight excluding hydrogens is 234 g/mol. The molecule has 0 bridgehead atoms. The van der Waals surface area contributed by atoms with E-state index in [4.69, 9.17) is 0 Å². The number of rotatable bonds is 8. The topological polar surface area (TPSA) is 29.4 Å². The summed E-state index contributed by atoms with van der Waals surface area (Å²) in [6.07, 6.45) is 7.29. The fourth-order valence-corrected chi connectivity index (χ4v) is 1.91. The lowest BCUT2D eigenvalue weighted by molar-refractivity contribution is -0.115. The van der Waals surface area contributed by atoms with E-state index in [2.05, 4.69) is 25.4 Å². The number of hydrogen-bond acceptors (Lipinski definition) is 2. The van der Waals surface area contributed by atoms with Crippen LogP contribution in [0.1, 0.15) is 60.3 Å². The van der Waals surface area contributed by atoms with Crippen LogP contribution in [0, 0.1) is 5.92 Å². The largest absolute Gasteiger partial charge is 0.296 e. The maximum Gasteiger partial charge on any atom is 0.163 e. The van der Waals surface area contributed by atoms with Crippen molar-refractivity contribution in [3.8, 4) is 0 Å². The van der Waals surface area contributed by atoms with E-state index in [-0.39, 0.29) is 5.78 Å². The van der Waals surface area contributed by atoms with E-state index in [9.17, 15) is 4.79 Å². The lowest BCUT2D eigenvalue weighted by atomic mass is 9.95. The van der Waals surface area contributed by atoms with Gasteiger partial charge in [0, 0.05) is 25.3 Å². The Labute approximate surface area is 119 Å². The van der Waals surface area contributed by atoms with Gasteiger partial charge >= 0.3 is 0 Å². The normalized spacial score (nSPS) is 13.4. The summed E-state index contributed by atoms with van der Waals surface area (Å²) in [6, 6.07) is 0. The highest BCUT2D eigenvalue weighted by atomic mass is 16.1. The van der Waals surface area contributed by atoms with Crippen molar-refractivity contribution in [2.75, 3.05) is 7.05 Å². The molecule has 0 saturated heterocycles. The smallest absolute Gasteiger partial charge is 0.163 e. The molecule has 2 nitrogen and oxygen atoms in total. The fourth-order valence-electron chi connectivity index (χ4n) is 1.91. The van der Waals surface area contributed by atoms with Crippen molar-refractivity contribution in [3.05, 3.63) is 23.8 Å². The van der Waals surface area contributed by atoms with Crippen LogP contribution in [0.4, 0.5) is 0 Å². The molecule has 0 heterocycles. The number of nitrogens with zero attached hydrogens (tertiary/aromatic N) is 1. The summed E-state index contributed by atoms with van der Waals surface area (Å²) in [6.45, 7) is 14.0. The van der Waals surface area contributed by atoms with Crippen LogP contribution in [-0.2, 0) is 4.79 Å². The standard InChI is InChI=1S/C15H25NO.C2H6/c1-6-8-12(3)9-10-15(17)14(7-2)13(4)11-16-5;1-2/h7,11-12H,2,6,8-10H2,1,3-5H3;1-2H3/b14-13+,16-11?;. The minimum atomic E-state index is 0.181. The highest BCUT2D eigenvalue weighted by Gasteiger charge is 2.10. The highest BCUT2D eigenvalue weighted by Crippen LogP contribution is 2.16. The minimum absolute atomic E-state index is 0.181. The zero-order valence-corrected chi connectivity index (χ0v) is 13.6. The Morgan fingerprint density at radius 1 is 1.32 bits per heavy atom. The number of allylic oxidation sites excluding steroid dienone is 3. The predicted molar refractivity (Wildman–Crippen MR) is 87.0 cm³/mol. The minimum Gasteiger partial charge on any atom is -0.296 e. The molecule has 0 rings (SSSR count). The molecule has 0 aromatic heterocycles. The number of carbonyl (C=O) groups excluding carboxylic acids is 1. The van der Waals surface area contributed by atoms with Crippen LogP contribution in [0.2, 0.25) is 0 Å². The maximum absolute atomic E-state index is 12.0. The van der Waals surface area contributed by atoms with Gasteiger partial charge in [0.05, 0.1) is 0 Å². The van der Waals surface area contributed by atoms with E-state index < -0.39 is 0 Å². The Hall–Kier alpha value is -1.18. The Morgan fingerprint density at radius 3 is 2.32 bits per heavy atom. The Morgan fingerprint density at radius 2 is 1.89 bits per heavy atom. The molecule has 0 aliphatic rings. The zero-order valence-electron chi connectivity index (χ0n) is 13.6. The van der Waals surface area contributed by atoms with Gasteiger partial charge < -0.3 is 0 Å². The van der Waals surface area contributed by atoms with E-state index in [1.807, 2.05) is 20.8 Å². The third kappa shape index (κ3) is 9.40. The number of Topliss-reactive ketones (excluding diaryl/α,β-unsaturated/α-hetero) is 1. The second-order valence-corrected chi connectivity index (χ2v) is 4.54. The second kappa shape index (κ2) is 13.3. The molecule has 110 valence electrons. The molecular formula is C17H31NO. The van der Waals surface area contributed by atoms with Crippen LogP contribution in [0.15, 0.2) is 28.8 Å². The number of hydrogen-bond donors (Lipinski definition) is 0. The van der Waals surface area contributed by atoms with E-state index in [0.29, 0.717) is 17.9 Å². The summed E-state index contributed by atoms with van der Waals surface area (Å²) in [5.74, 6) is 0.801. The van der Waals surface area contributed by atoms with E-state index in [1.165, 1.54) is 12.8 Å². The predicted octanol–water partition coefficient (Wildman–Crippen LogP) is 5.00. The first-order valence-electron chi connectivity index (χ1n) is 7.35. The summed E-state index contributed by atoms with van der Waals surface area (Å²) < 4.78 is 0. The molecule has 0 radical (unpaired) electrons. The van der Waals surface area contributed by atoms with Gasteiger partial charge in [0.2, 0.25) is 0 Å². The van der Waals surface area contributed by atoms with Crippen LogP contribution >= 0.6 is 0 Å². The Kier molecular flexibility index (Phi) is 14.1. The number of aliphatic imine (C=N–C) groups is 1. The quantitative estimate of drug-likeness (QED) is 0.345. The fraction of sp³-hybridized carbons (Fsp3) is 0.647. The lowest BCUT2D eigenvalue weighted by Gasteiger charge is -2.10. The van der Waals surface area contributed by atoms with Gasteiger partial charge in [0.15, 0.2) is 5.78 Å². The van der Waals surface area contributed by atoms with E-state index in [0.717, 1.165) is 12.0 Å². The first-order chi connectivity index (χ1) is 9.06. The molecule has 0 fully saturated rings. The van der Waals surface area contributed by atoms with Crippen molar-refractivity contribution < 1.29 is 4.79 Å². The number of ketones is 1. The molecule has 0 N–H and O–H groups in total. The van der Waals surface area contributed by atoms with Crippen LogP contribution in [0.3, 0.4) is 0 Å². The van der Waals surface area contributed by atoms with E-state index in [1.54, 1.807) is 19.3 Å². The van der Waals surface area contributed by atoms with Crippen LogP contribution in [0.25, 0.3) is 0 Å². The van der Waals surface area contributed by atoms with Crippen molar-refractivity contribution in [2.45, 2.75) is 60.3 Å². The molecule has 0 aliphatic carbocycles. The van der Waals surface area contributed by atoms with Gasteiger partial charge in [-0.3, -0.25) is 9.79 Å². The molecule has 19 heavy (non-hydrogen) atoms. The molecule has 0 spiro atoms. The lowest BCUT2D eigenvalue weighted by Crippen LogP contribution is -2.06. The van der Waals surface area contributed by atoms with Gasteiger partial charge in [0.25, 0.3) is 0 Å². The Bertz CT molecular complexity index is 313. The van der Waals surface area contributed by atoms with Gasteiger partial charge in [-0.25, -0.2) is 0 Å². The van der Waals surface area contributed by atoms with Crippen LogP contribution < -0.4 is 0 Å². The Balaban J connectivity index is 0. The molecule has 2 heteroatoms. The molecule has 0 aromatic rings. The number of carbonyl (C=O) groups is 1. The molecule has 0 amide bonds. The summed E-state index contributed by atoms with van der Waals surface area (Å²) in [7, 11) is 1.71. The average Bonchev–Trinajstić information content (AvgIpc) is 2.40. The monoisotopic (exact) mass is 265 g/mol. The zero-order chi connectivity index (χ0) is 15.3. The third-order valence-corrected chi connectivity index (χ3v) is 2.90. The molecule has 0 aromatic carbocycles. The van der Waals surface area contributed by atoms with Crippen LogP contribution in [0.5, 0.6) is 0 Å². The molecule has 1 unspecified atom stereocenters. The summed E-state index contributed by atoms with van der Waals surface area (Å²) in [4.78, 5) is 15.9. The average molecular weight is 265 g/mol. The molecule has 0 aliphatic heterocycles.